The van der Waals surface area contributed by atoms with Gasteiger partial charge in [-0.15, -0.1) is 11.3 Å². The molecule has 0 aliphatic carbocycles. The van der Waals surface area contributed by atoms with E-state index in [4.69, 9.17) is 21.3 Å². The molecule has 2 aromatic heterocycles. The smallest absolute Gasteiger partial charge is 0.266 e. The van der Waals surface area contributed by atoms with Gasteiger partial charge in [0.1, 0.15) is 10.8 Å². The van der Waals surface area contributed by atoms with Gasteiger partial charge in [-0.05, 0) is 58.0 Å². The number of piperazine rings is 1. The van der Waals surface area contributed by atoms with E-state index in [1.807, 2.05) is 33.8 Å². The van der Waals surface area contributed by atoms with E-state index >= 15 is 0 Å². The molecule has 230 valence electrons. The summed E-state index contributed by atoms with van der Waals surface area (Å²) < 4.78 is 33.6. The van der Waals surface area contributed by atoms with Crippen LogP contribution in [-0.4, -0.2) is 52.6 Å². The number of nitrogens with zero attached hydrogens (tertiary/aromatic N) is 3. The molecule has 11 heteroatoms. The number of halogens is 3. The van der Waals surface area contributed by atoms with Crippen LogP contribution in [0.3, 0.4) is 0 Å². The van der Waals surface area contributed by atoms with E-state index in [-0.39, 0.29) is 23.1 Å². The summed E-state index contributed by atoms with van der Waals surface area (Å²) in [5.41, 5.74) is 2.96. The number of carbonyl (C=O) groups is 1. The molecule has 0 saturated carbocycles. The number of alkyl halides is 2. The highest BCUT2D eigenvalue weighted by Gasteiger charge is 2.28. The van der Waals surface area contributed by atoms with E-state index in [9.17, 15) is 18.4 Å². The van der Waals surface area contributed by atoms with Crippen LogP contribution in [0.15, 0.2) is 64.3 Å². The molecule has 4 aromatic rings. The predicted molar refractivity (Wildman–Crippen MR) is 172 cm³/mol. The zero-order valence-electron chi connectivity index (χ0n) is 24.9. The predicted octanol–water partition coefficient (Wildman–Crippen LogP) is 7.47. The van der Waals surface area contributed by atoms with Gasteiger partial charge in [-0.2, -0.15) is 0 Å². The Hall–Kier alpha value is -3.86. The van der Waals surface area contributed by atoms with Crippen LogP contribution in [0, 0.1) is 0 Å². The molecule has 1 aliphatic rings. The van der Waals surface area contributed by atoms with Crippen LogP contribution >= 0.6 is 22.9 Å². The van der Waals surface area contributed by atoms with Crippen molar-refractivity contribution in [2.45, 2.75) is 40.2 Å². The number of rotatable bonds is 8. The molecule has 5 rings (SSSR count). The Kier molecular flexibility index (Phi) is 9.62. The van der Waals surface area contributed by atoms with E-state index in [0.717, 1.165) is 5.57 Å². The van der Waals surface area contributed by atoms with Crippen LogP contribution in [0.1, 0.15) is 55.7 Å². The van der Waals surface area contributed by atoms with Crippen LogP contribution < -0.4 is 15.6 Å². The summed E-state index contributed by atoms with van der Waals surface area (Å²) in [7, 11) is 0. The van der Waals surface area contributed by atoms with Gasteiger partial charge in [-0.25, -0.2) is 13.8 Å². The molecule has 0 spiro atoms. The number of amides is 1. The van der Waals surface area contributed by atoms with Gasteiger partial charge in [0.15, 0.2) is 0 Å². The molecule has 1 aliphatic heterocycles. The standard InChI is InChI=1S/C33H33ClF2N4O3S/c1-5-43-29-11-10-23(34)15-28(29)40-27(14-19(2)3)24(32(41)39-13-12-37-20(4)17-39)16-25(33(40)42)31-38-26(18-44-31)21-6-8-22(9-7-21)30(35)36/h6-11,14-16,18,20,30,37H,5,12-13,17H2,1-4H3/t20-/m1/s1. The average molecular weight is 639 g/mol. The maximum Gasteiger partial charge on any atom is 0.266 e. The Bertz CT molecular complexity index is 1760. The zero-order valence-corrected chi connectivity index (χ0v) is 26.4. The van der Waals surface area contributed by atoms with Gasteiger partial charge in [0.2, 0.25) is 0 Å². The highest BCUT2D eigenvalue weighted by atomic mass is 35.5. The lowest BCUT2D eigenvalue weighted by atomic mass is 10.0. The fourth-order valence-electron chi connectivity index (χ4n) is 5.17. The lowest BCUT2D eigenvalue weighted by Crippen LogP contribution is -2.51. The number of benzene rings is 2. The number of aromatic nitrogens is 2. The maximum absolute atomic E-state index is 14.5. The quantitative estimate of drug-likeness (QED) is 0.217. The van der Waals surface area contributed by atoms with Gasteiger partial charge in [0, 0.05) is 47.2 Å². The van der Waals surface area contributed by atoms with Gasteiger partial charge in [-0.3, -0.25) is 14.2 Å². The molecule has 1 fully saturated rings. The number of nitrogens with one attached hydrogen (secondary N) is 1. The van der Waals surface area contributed by atoms with Crippen LogP contribution in [0.2, 0.25) is 5.02 Å². The molecule has 1 amide bonds. The molecule has 3 heterocycles. The molecule has 0 bridgehead atoms. The molecule has 0 radical (unpaired) electrons. The monoisotopic (exact) mass is 638 g/mol. The van der Waals surface area contributed by atoms with Crippen molar-refractivity contribution >= 4 is 34.9 Å². The third kappa shape index (κ3) is 6.62. The summed E-state index contributed by atoms with van der Waals surface area (Å²) in [4.78, 5) is 35.2. The molecule has 1 atom stereocenters. The lowest BCUT2D eigenvalue weighted by Gasteiger charge is -2.32. The molecule has 2 aromatic carbocycles. The second-order valence-electron chi connectivity index (χ2n) is 10.8. The van der Waals surface area contributed by atoms with Crippen molar-refractivity contribution in [2.75, 3.05) is 26.2 Å². The highest BCUT2D eigenvalue weighted by molar-refractivity contribution is 7.13. The molecular formula is C33H33ClF2N4O3S. The van der Waals surface area contributed by atoms with Crippen molar-refractivity contribution in [3.63, 3.8) is 0 Å². The van der Waals surface area contributed by atoms with Gasteiger partial charge in [-0.1, -0.05) is 41.4 Å². The number of ether oxygens (including phenoxy) is 1. The first-order valence-corrected chi connectivity index (χ1v) is 15.6. The fourth-order valence-corrected chi connectivity index (χ4v) is 6.17. The normalized spacial score (nSPS) is 15.0. The van der Waals surface area contributed by atoms with Gasteiger partial charge in [0.05, 0.1) is 34.8 Å². The Morgan fingerprint density at radius 3 is 2.61 bits per heavy atom. The van der Waals surface area contributed by atoms with E-state index < -0.39 is 12.0 Å². The molecule has 1 saturated heterocycles. The third-order valence-electron chi connectivity index (χ3n) is 7.21. The summed E-state index contributed by atoms with van der Waals surface area (Å²) in [6, 6.07) is 12.7. The summed E-state index contributed by atoms with van der Waals surface area (Å²) in [5.74, 6) is 0.230. The van der Waals surface area contributed by atoms with Gasteiger partial charge in [0.25, 0.3) is 17.9 Å². The Balaban J connectivity index is 1.76. The van der Waals surface area contributed by atoms with Crippen molar-refractivity contribution in [2.24, 2.45) is 0 Å². The van der Waals surface area contributed by atoms with Crippen LogP contribution in [0.25, 0.3) is 33.6 Å². The first kappa shape index (κ1) is 31.6. The van der Waals surface area contributed by atoms with Crippen LogP contribution in [-0.2, 0) is 0 Å². The number of thiazole rings is 1. The Labute approximate surface area is 263 Å². The minimum Gasteiger partial charge on any atom is -0.492 e. The minimum atomic E-state index is -2.57. The maximum atomic E-state index is 14.5. The molecule has 1 N–H and O–H groups in total. The Morgan fingerprint density at radius 2 is 1.95 bits per heavy atom. The topological polar surface area (TPSA) is 76.5 Å². The van der Waals surface area contributed by atoms with Crippen LogP contribution in [0.4, 0.5) is 8.78 Å². The van der Waals surface area contributed by atoms with E-state index in [1.165, 1.54) is 28.0 Å². The van der Waals surface area contributed by atoms with Crippen molar-refractivity contribution in [3.8, 4) is 33.3 Å². The van der Waals surface area contributed by atoms with Crippen LogP contribution in [0.5, 0.6) is 5.75 Å². The van der Waals surface area contributed by atoms with Crippen molar-refractivity contribution < 1.29 is 18.3 Å². The second kappa shape index (κ2) is 13.4. The Morgan fingerprint density at radius 1 is 1.20 bits per heavy atom. The average Bonchev–Trinajstić information content (AvgIpc) is 3.48. The summed E-state index contributed by atoms with van der Waals surface area (Å²) in [6.07, 6.45) is -0.756. The first-order valence-electron chi connectivity index (χ1n) is 14.3. The van der Waals surface area contributed by atoms with Crippen molar-refractivity contribution in [1.29, 1.82) is 0 Å². The van der Waals surface area contributed by atoms with E-state index in [1.54, 1.807) is 46.7 Å². The van der Waals surface area contributed by atoms with Gasteiger partial charge < -0.3 is 15.0 Å². The number of allylic oxidation sites excluding steroid dienone is 1. The van der Waals surface area contributed by atoms with Crippen molar-refractivity contribution in [3.05, 3.63) is 91.7 Å². The molecule has 44 heavy (non-hydrogen) atoms. The third-order valence-corrected chi connectivity index (χ3v) is 8.32. The summed E-state index contributed by atoms with van der Waals surface area (Å²) in [6.45, 7) is 9.71. The zero-order chi connectivity index (χ0) is 31.5. The van der Waals surface area contributed by atoms with Gasteiger partial charge >= 0.3 is 0 Å². The van der Waals surface area contributed by atoms with E-state index in [2.05, 4.69) is 5.32 Å². The molecule has 7 nitrogen and oxygen atoms in total. The number of hydrogen-bond donors (Lipinski definition) is 1. The first-order chi connectivity index (χ1) is 21.1. The second-order valence-corrected chi connectivity index (χ2v) is 12.1. The van der Waals surface area contributed by atoms with E-state index in [0.29, 0.717) is 70.2 Å². The highest BCUT2D eigenvalue weighted by Crippen LogP contribution is 2.33. The minimum absolute atomic E-state index is 0.0843. The summed E-state index contributed by atoms with van der Waals surface area (Å²) in [5, 5.41) is 5.92. The fraction of sp³-hybridized carbons (Fsp3) is 0.303. The lowest BCUT2D eigenvalue weighted by molar-refractivity contribution is 0.0708. The molecule has 0 unspecified atom stereocenters. The largest absolute Gasteiger partial charge is 0.492 e. The SMILES string of the molecule is CCOc1ccc(Cl)cc1-n1c(C=C(C)C)c(C(=O)N2CCN[C@H](C)C2)cc(-c2nc(-c3ccc(C(F)F)cc3)cs2)c1=O. The number of hydrogen-bond acceptors (Lipinski definition) is 6. The summed E-state index contributed by atoms with van der Waals surface area (Å²) >= 11 is 7.69. The number of pyridine rings is 1. The number of carbonyl (C=O) groups excluding carboxylic acids is 1. The van der Waals surface area contributed by atoms with Crippen molar-refractivity contribution in [1.82, 2.24) is 19.8 Å². The molecular weight excluding hydrogens is 606 g/mol.